The topological polar surface area (TPSA) is 45.9 Å². The number of pyridine rings is 1. The lowest BCUT2D eigenvalue weighted by Crippen LogP contribution is -2.29. The van der Waals surface area contributed by atoms with Crippen molar-refractivity contribution in [1.82, 2.24) is 4.98 Å². The fraction of sp³-hybridized carbons (Fsp3) is 0.333. The second-order valence-electron chi connectivity index (χ2n) is 3.70. The molecule has 1 heterocycles. The molecule has 1 aromatic heterocycles. The fourth-order valence-corrected chi connectivity index (χ4v) is 1.71. The first kappa shape index (κ1) is 9.74. The Morgan fingerprint density at radius 2 is 2.15 bits per heavy atom. The van der Waals surface area contributed by atoms with Gasteiger partial charge in [-0.3, -0.25) is 4.98 Å². The molecule has 0 atom stereocenters. The van der Waals surface area contributed by atoms with Crippen LogP contribution in [0.25, 0.3) is 0 Å². The minimum absolute atomic E-state index is 0.553. The van der Waals surface area contributed by atoms with E-state index in [-0.39, 0.29) is 0 Å². The molecule has 0 radical (unpaired) electrons. The second-order valence-corrected chi connectivity index (χ2v) is 8.13. The molecule has 0 fully saturated rings. The van der Waals surface area contributed by atoms with Crippen LogP contribution in [-0.4, -0.2) is 13.3 Å². The molecule has 68 valence electrons. The summed E-state index contributed by atoms with van der Waals surface area (Å²) < 4.78 is 5.68. The van der Waals surface area contributed by atoms with Crippen LogP contribution in [0.15, 0.2) is 18.5 Å². The third kappa shape index (κ3) is 2.88. The predicted molar refractivity (Wildman–Crippen MR) is 52.9 cm³/mol. The Bertz CT molecular complexity index is 338. The Morgan fingerprint density at radius 1 is 1.46 bits per heavy atom. The van der Waals surface area contributed by atoms with Gasteiger partial charge in [0.2, 0.25) is 8.32 Å². The summed E-state index contributed by atoms with van der Waals surface area (Å²) in [6, 6.07) is 3.74. The van der Waals surface area contributed by atoms with E-state index in [4.69, 9.17) is 9.69 Å². The Balaban J connectivity index is 2.96. The van der Waals surface area contributed by atoms with Gasteiger partial charge in [-0.2, -0.15) is 5.26 Å². The monoisotopic (exact) mass is 192 g/mol. The molecule has 4 heteroatoms. The van der Waals surface area contributed by atoms with Gasteiger partial charge in [0, 0.05) is 6.20 Å². The fourth-order valence-electron chi connectivity index (χ4n) is 0.884. The van der Waals surface area contributed by atoms with Crippen molar-refractivity contribution in [2.75, 3.05) is 0 Å². The Morgan fingerprint density at radius 3 is 2.69 bits per heavy atom. The van der Waals surface area contributed by atoms with Crippen LogP contribution in [0.1, 0.15) is 5.56 Å². The van der Waals surface area contributed by atoms with E-state index in [1.807, 2.05) is 0 Å². The molecule has 0 bridgehead atoms. The molecule has 0 aliphatic carbocycles. The van der Waals surface area contributed by atoms with Crippen molar-refractivity contribution < 1.29 is 4.43 Å². The maximum Gasteiger partial charge on any atom is 0.242 e. The predicted octanol–water partition coefficient (Wildman–Crippen LogP) is 2.17. The standard InChI is InChI=1S/C9H12N2OSi/c1-13(2,3)12-9-7-11-5-4-8(9)6-10/h4-5,7H,1-3H3. The largest absolute Gasteiger partial charge is 0.542 e. The highest BCUT2D eigenvalue weighted by molar-refractivity contribution is 6.70. The van der Waals surface area contributed by atoms with Gasteiger partial charge in [-0.05, 0) is 25.7 Å². The van der Waals surface area contributed by atoms with Crippen molar-refractivity contribution in [1.29, 1.82) is 5.26 Å². The van der Waals surface area contributed by atoms with Gasteiger partial charge in [-0.1, -0.05) is 0 Å². The summed E-state index contributed by atoms with van der Waals surface area (Å²) in [7, 11) is -1.64. The molecule has 0 saturated carbocycles. The summed E-state index contributed by atoms with van der Waals surface area (Å²) in [4.78, 5) is 3.92. The number of nitrogens with zero attached hydrogens (tertiary/aromatic N) is 2. The SMILES string of the molecule is C[Si](C)(C)Oc1cnccc1C#N. The molecular formula is C9H12N2OSi. The maximum absolute atomic E-state index is 8.77. The van der Waals surface area contributed by atoms with Crippen LogP contribution >= 0.6 is 0 Å². The Kier molecular flexibility index (Phi) is 2.68. The quantitative estimate of drug-likeness (QED) is 0.675. The van der Waals surface area contributed by atoms with Gasteiger partial charge in [-0.25, -0.2) is 0 Å². The van der Waals surface area contributed by atoms with E-state index < -0.39 is 8.32 Å². The van der Waals surface area contributed by atoms with E-state index in [0.717, 1.165) is 0 Å². The van der Waals surface area contributed by atoms with Crippen LogP contribution in [0.3, 0.4) is 0 Å². The number of hydrogen-bond acceptors (Lipinski definition) is 3. The Hall–Kier alpha value is -1.34. The average molecular weight is 192 g/mol. The van der Waals surface area contributed by atoms with Gasteiger partial charge < -0.3 is 4.43 Å². The summed E-state index contributed by atoms with van der Waals surface area (Å²) in [5.41, 5.74) is 0.553. The van der Waals surface area contributed by atoms with E-state index >= 15 is 0 Å². The highest BCUT2D eigenvalue weighted by Gasteiger charge is 2.17. The molecule has 0 saturated heterocycles. The molecule has 0 aliphatic rings. The first-order chi connectivity index (χ1) is 6.03. The molecular weight excluding hydrogens is 180 g/mol. The van der Waals surface area contributed by atoms with E-state index in [1.165, 1.54) is 0 Å². The van der Waals surface area contributed by atoms with E-state index in [9.17, 15) is 0 Å². The van der Waals surface area contributed by atoms with E-state index in [1.54, 1.807) is 18.5 Å². The number of aromatic nitrogens is 1. The Labute approximate surface area is 79.1 Å². The molecule has 13 heavy (non-hydrogen) atoms. The zero-order valence-corrected chi connectivity index (χ0v) is 9.03. The van der Waals surface area contributed by atoms with Crippen molar-refractivity contribution in [2.24, 2.45) is 0 Å². The molecule has 0 aromatic carbocycles. The van der Waals surface area contributed by atoms with Crippen molar-refractivity contribution in [3.05, 3.63) is 24.0 Å². The molecule has 1 aromatic rings. The van der Waals surface area contributed by atoms with Gasteiger partial charge in [0.15, 0.2) is 0 Å². The molecule has 0 amide bonds. The van der Waals surface area contributed by atoms with Crippen molar-refractivity contribution in [3.63, 3.8) is 0 Å². The van der Waals surface area contributed by atoms with Crippen LogP contribution in [0.2, 0.25) is 19.6 Å². The number of nitriles is 1. The minimum atomic E-state index is -1.64. The first-order valence-electron chi connectivity index (χ1n) is 4.06. The normalized spacial score (nSPS) is 10.6. The summed E-state index contributed by atoms with van der Waals surface area (Å²) in [6.45, 7) is 6.21. The second kappa shape index (κ2) is 3.58. The summed E-state index contributed by atoms with van der Waals surface area (Å²) in [5.74, 6) is 0.601. The van der Waals surface area contributed by atoms with Crippen molar-refractivity contribution in [3.8, 4) is 11.8 Å². The lowest BCUT2D eigenvalue weighted by molar-refractivity contribution is 0.552. The van der Waals surface area contributed by atoms with Crippen LogP contribution in [0.5, 0.6) is 5.75 Å². The van der Waals surface area contributed by atoms with Gasteiger partial charge in [-0.15, -0.1) is 0 Å². The van der Waals surface area contributed by atoms with Crippen LogP contribution in [0, 0.1) is 11.3 Å². The first-order valence-corrected chi connectivity index (χ1v) is 7.47. The van der Waals surface area contributed by atoms with Gasteiger partial charge in [0.1, 0.15) is 11.8 Å². The third-order valence-electron chi connectivity index (χ3n) is 1.32. The van der Waals surface area contributed by atoms with Crippen LogP contribution in [0.4, 0.5) is 0 Å². The molecule has 1 rings (SSSR count). The zero-order chi connectivity index (χ0) is 9.90. The number of hydrogen-bond donors (Lipinski definition) is 0. The zero-order valence-electron chi connectivity index (χ0n) is 8.03. The van der Waals surface area contributed by atoms with Crippen molar-refractivity contribution >= 4 is 8.32 Å². The summed E-state index contributed by atoms with van der Waals surface area (Å²) in [6.07, 6.45) is 3.19. The lowest BCUT2D eigenvalue weighted by Gasteiger charge is -2.19. The minimum Gasteiger partial charge on any atom is -0.542 e. The molecule has 0 aliphatic heterocycles. The highest BCUT2D eigenvalue weighted by Crippen LogP contribution is 2.19. The molecule has 0 unspecified atom stereocenters. The summed E-state index contributed by atoms with van der Waals surface area (Å²) >= 11 is 0. The molecule has 0 spiro atoms. The van der Waals surface area contributed by atoms with E-state index in [0.29, 0.717) is 11.3 Å². The van der Waals surface area contributed by atoms with Gasteiger partial charge in [0.05, 0.1) is 11.8 Å². The molecule has 3 nitrogen and oxygen atoms in total. The highest BCUT2D eigenvalue weighted by atomic mass is 28.4. The number of rotatable bonds is 2. The maximum atomic E-state index is 8.77. The van der Waals surface area contributed by atoms with E-state index in [2.05, 4.69) is 30.7 Å². The average Bonchev–Trinajstić information content (AvgIpc) is 2.02. The molecule has 0 N–H and O–H groups in total. The summed E-state index contributed by atoms with van der Waals surface area (Å²) in [5, 5.41) is 8.77. The third-order valence-corrected chi connectivity index (χ3v) is 2.15. The van der Waals surface area contributed by atoms with Gasteiger partial charge >= 0.3 is 0 Å². The van der Waals surface area contributed by atoms with Crippen LogP contribution < -0.4 is 4.43 Å². The van der Waals surface area contributed by atoms with Crippen LogP contribution in [-0.2, 0) is 0 Å². The van der Waals surface area contributed by atoms with Gasteiger partial charge in [0.25, 0.3) is 0 Å². The van der Waals surface area contributed by atoms with Crippen molar-refractivity contribution in [2.45, 2.75) is 19.6 Å². The lowest BCUT2D eigenvalue weighted by atomic mass is 10.3. The smallest absolute Gasteiger partial charge is 0.242 e.